The molecule has 222 valence electrons. The van der Waals surface area contributed by atoms with E-state index in [-0.39, 0.29) is 40.0 Å². The van der Waals surface area contributed by atoms with Crippen molar-refractivity contribution in [2.24, 2.45) is 5.41 Å². The van der Waals surface area contributed by atoms with Crippen molar-refractivity contribution in [1.82, 2.24) is 19.8 Å². The van der Waals surface area contributed by atoms with Gasteiger partial charge in [0, 0.05) is 28.8 Å². The molecule has 3 N–H and O–H groups in total. The standard InChI is InChI=1S/C27H32Cl3N5O5S/c1-15(33-41(39,40)20-12-17(29)8-11-19(20)30)23(36)34-14-27(5)21(34)13-35(27)24(37)22(26(2,3)4)32-25(38)31-18-9-6-16(28)7-10-18/h6-12,15,21-22,33H,13-14H2,1-5H3,(H2,31,32,38)/t15-,21+,22+,27?/m0/s1. The Morgan fingerprint density at radius 2 is 1.61 bits per heavy atom. The van der Waals surface area contributed by atoms with Crippen LogP contribution in [-0.2, 0) is 19.6 Å². The summed E-state index contributed by atoms with van der Waals surface area (Å²) in [7, 11) is -4.12. The summed E-state index contributed by atoms with van der Waals surface area (Å²) in [5.41, 5.74) is -0.721. The van der Waals surface area contributed by atoms with E-state index in [0.717, 1.165) is 0 Å². The van der Waals surface area contributed by atoms with Gasteiger partial charge in [-0.05, 0) is 61.7 Å². The molecule has 14 heteroatoms. The fraction of sp³-hybridized carbons (Fsp3) is 0.444. The highest BCUT2D eigenvalue weighted by atomic mass is 35.5. The molecule has 2 aliphatic heterocycles. The third kappa shape index (κ3) is 6.29. The van der Waals surface area contributed by atoms with Gasteiger partial charge in [-0.3, -0.25) is 9.59 Å². The van der Waals surface area contributed by atoms with E-state index in [4.69, 9.17) is 34.8 Å². The molecule has 2 aromatic rings. The zero-order chi connectivity index (χ0) is 30.5. The molecule has 0 spiro atoms. The van der Waals surface area contributed by atoms with E-state index in [1.54, 1.807) is 34.1 Å². The molecule has 4 rings (SSSR count). The number of nitrogens with one attached hydrogen (secondary N) is 3. The molecule has 2 aliphatic rings. The van der Waals surface area contributed by atoms with Crippen LogP contribution in [0.15, 0.2) is 47.4 Å². The molecular formula is C27H32Cl3N5O5S. The Labute approximate surface area is 254 Å². The number of likely N-dealkylation sites (tertiary alicyclic amines) is 2. The summed E-state index contributed by atoms with van der Waals surface area (Å²) in [4.78, 5) is 42.6. The fourth-order valence-corrected chi connectivity index (χ4v) is 7.19. The lowest BCUT2D eigenvalue weighted by Gasteiger charge is -2.69. The number of hydrogen-bond donors (Lipinski definition) is 3. The van der Waals surface area contributed by atoms with Gasteiger partial charge in [0.15, 0.2) is 0 Å². The zero-order valence-corrected chi connectivity index (χ0v) is 26.2. The van der Waals surface area contributed by atoms with Gasteiger partial charge >= 0.3 is 6.03 Å². The van der Waals surface area contributed by atoms with Crippen LogP contribution in [0.2, 0.25) is 15.1 Å². The predicted molar refractivity (Wildman–Crippen MR) is 159 cm³/mol. The molecule has 2 fully saturated rings. The van der Waals surface area contributed by atoms with Gasteiger partial charge in [-0.15, -0.1) is 0 Å². The number of nitrogens with zero attached hydrogens (tertiary/aromatic N) is 2. The lowest BCUT2D eigenvalue weighted by atomic mass is 9.70. The topological polar surface area (TPSA) is 128 Å². The summed E-state index contributed by atoms with van der Waals surface area (Å²) in [5, 5.41) is 6.21. The summed E-state index contributed by atoms with van der Waals surface area (Å²) in [6.07, 6.45) is 0. The maximum atomic E-state index is 13.7. The molecule has 4 amide bonds. The van der Waals surface area contributed by atoms with Crippen molar-refractivity contribution < 1.29 is 22.8 Å². The minimum absolute atomic E-state index is 0.0184. The van der Waals surface area contributed by atoms with Crippen molar-refractivity contribution in [2.45, 2.75) is 63.2 Å². The first-order chi connectivity index (χ1) is 18.9. The molecular weight excluding hydrogens is 613 g/mol. The maximum Gasteiger partial charge on any atom is 0.319 e. The SMILES string of the molecule is C[C@H](NS(=O)(=O)c1cc(Cl)ccc1Cl)C(=O)N1CC2(C)[C@H]1CN2C(=O)[C@@H](NC(=O)Nc1ccc(Cl)cc1)C(C)(C)C. The molecule has 41 heavy (non-hydrogen) atoms. The molecule has 1 unspecified atom stereocenters. The van der Waals surface area contributed by atoms with E-state index in [9.17, 15) is 22.8 Å². The third-order valence-electron chi connectivity index (χ3n) is 7.48. The van der Waals surface area contributed by atoms with Crippen molar-refractivity contribution in [3.8, 4) is 0 Å². The van der Waals surface area contributed by atoms with Crippen molar-refractivity contribution in [3.63, 3.8) is 0 Å². The van der Waals surface area contributed by atoms with Crippen LogP contribution in [-0.4, -0.2) is 72.8 Å². The molecule has 2 heterocycles. The fourth-order valence-electron chi connectivity index (χ4n) is 5.10. The number of halogens is 3. The first-order valence-corrected chi connectivity index (χ1v) is 15.5. The first kappa shape index (κ1) is 31.4. The van der Waals surface area contributed by atoms with Crippen molar-refractivity contribution in [1.29, 1.82) is 0 Å². The number of benzene rings is 2. The summed E-state index contributed by atoms with van der Waals surface area (Å²) >= 11 is 17.9. The minimum atomic E-state index is -4.12. The monoisotopic (exact) mass is 643 g/mol. The first-order valence-electron chi connectivity index (χ1n) is 12.9. The largest absolute Gasteiger partial charge is 0.332 e. The number of hydrogen-bond acceptors (Lipinski definition) is 5. The second-order valence-electron chi connectivity index (χ2n) is 11.6. The molecule has 0 radical (unpaired) electrons. The lowest BCUT2D eigenvalue weighted by Crippen LogP contribution is -2.89. The number of carbonyl (C=O) groups is 3. The van der Waals surface area contributed by atoms with Gasteiger partial charge in [0.05, 0.1) is 22.6 Å². The van der Waals surface area contributed by atoms with Crippen molar-refractivity contribution in [3.05, 3.63) is 57.5 Å². The van der Waals surface area contributed by atoms with Crippen LogP contribution in [0.25, 0.3) is 0 Å². The molecule has 2 aromatic carbocycles. The average molecular weight is 645 g/mol. The molecule has 0 saturated carbocycles. The quantitative estimate of drug-likeness (QED) is 0.413. The van der Waals surface area contributed by atoms with E-state index in [2.05, 4.69) is 15.4 Å². The van der Waals surface area contributed by atoms with Gasteiger partial charge < -0.3 is 20.4 Å². The van der Waals surface area contributed by atoms with E-state index in [0.29, 0.717) is 10.7 Å². The zero-order valence-electron chi connectivity index (χ0n) is 23.2. The van der Waals surface area contributed by atoms with E-state index < -0.39 is 45.0 Å². The number of rotatable bonds is 7. The number of fused-ring (bicyclic) bond motifs is 1. The summed E-state index contributed by atoms with van der Waals surface area (Å²) in [6, 6.07) is 7.91. The Morgan fingerprint density at radius 3 is 2.17 bits per heavy atom. The van der Waals surface area contributed by atoms with Crippen LogP contribution in [0.1, 0.15) is 34.6 Å². The number of piperazine rings is 1. The number of anilines is 1. The molecule has 2 saturated heterocycles. The Hall–Kier alpha value is -2.57. The van der Waals surface area contributed by atoms with Crippen LogP contribution in [0.5, 0.6) is 0 Å². The second-order valence-corrected chi connectivity index (χ2v) is 14.6. The van der Waals surface area contributed by atoms with E-state index in [1.165, 1.54) is 25.1 Å². The summed E-state index contributed by atoms with van der Waals surface area (Å²) in [5.74, 6) is -0.687. The summed E-state index contributed by atoms with van der Waals surface area (Å²) in [6.45, 7) is 9.37. The van der Waals surface area contributed by atoms with Gasteiger partial charge in [-0.2, -0.15) is 4.72 Å². The van der Waals surface area contributed by atoms with Gasteiger partial charge in [0.25, 0.3) is 0 Å². The van der Waals surface area contributed by atoms with Gasteiger partial charge in [-0.1, -0.05) is 55.6 Å². The Morgan fingerprint density at radius 1 is 1.00 bits per heavy atom. The van der Waals surface area contributed by atoms with Crippen LogP contribution in [0.4, 0.5) is 10.5 Å². The van der Waals surface area contributed by atoms with Crippen molar-refractivity contribution >= 4 is 68.4 Å². The molecule has 0 bridgehead atoms. The molecule has 10 nitrogen and oxygen atoms in total. The third-order valence-corrected chi connectivity index (χ3v) is 9.99. The van der Waals surface area contributed by atoms with Gasteiger partial charge in [0.2, 0.25) is 21.8 Å². The van der Waals surface area contributed by atoms with Crippen LogP contribution >= 0.6 is 34.8 Å². The Balaban J connectivity index is 1.39. The average Bonchev–Trinajstić information content (AvgIpc) is 2.87. The normalized spacial score (nSPS) is 21.6. The van der Waals surface area contributed by atoms with E-state index >= 15 is 0 Å². The molecule has 0 aromatic heterocycles. The highest BCUT2D eigenvalue weighted by Gasteiger charge is 2.65. The van der Waals surface area contributed by atoms with Crippen molar-refractivity contribution in [2.75, 3.05) is 18.4 Å². The minimum Gasteiger partial charge on any atom is -0.332 e. The molecule has 4 atom stereocenters. The van der Waals surface area contributed by atoms with Crippen LogP contribution in [0.3, 0.4) is 0 Å². The number of carbonyl (C=O) groups excluding carboxylic acids is 3. The lowest BCUT2D eigenvalue weighted by molar-refractivity contribution is -0.207. The molecule has 0 aliphatic carbocycles. The second kappa shape index (κ2) is 11.3. The smallest absolute Gasteiger partial charge is 0.319 e. The van der Waals surface area contributed by atoms with Crippen LogP contribution in [0, 0.1) is 5.41 Å². The number of urea groups is 1. The van der Waals surface area contributed by atoms with Gasteiger partial charge in [0.1, 0.15) is 10.9 Å². The number of sulfonamides is 1. The summed E-state index contributed by atoms with van der Waals surface area (Å²) < 4.78 is 28.1. The van der Waals surface area contributed by atoms with Crippen LogP contribution < -0.4 is 15.4 Å². The van der Waals surface area contributed by atoms with Gasteiger partial charge in [-0.25, -0.2) is 13.2 Å². The number of amides is 4. The predicted octanol–water partition coefficient (Wildman–Crippen LogP) is 4.36. The maximum absolute atomic E-state index is 13.7. The Kier molecular flexibility index (Phi) is 8.61. The highest BCUT2D eigenvalue weighted by molar-refractivity contribution is 7.89. The van der Waals surface area contributed by atoms with E-state index in [1.807, 2.05) is 27.7 Å². The highest BCUT2D eigenvalue weighted by Crippen LogP contribution is 2.45. The Bertz CT molecular complexity index is 1480.